The predicted octanol–water partition coefficient (Wildman–Crippen LogP) is 2.61. The van der Waals surface area contributed by atoms with Gasteiger partial charge in [0.25, 0.3) is 11.6 Å². The van der Waals surface area contributed by atoms with Gasteiger partial charge in [0.05, 0.1) is 0 Å². The SMILES string of the molecule is CCCn1c(C)cc(C(=O)COC(=O)c2nc3nc(C)cc(C)n3n2)c1C. The quantitative estimate of drug-likeness (QED) is 0.490. The Bertz CT molecular complexity index is 1030. The second-order valence-electron chi connectivity index (χ2n) is 6.62. The monoisotopic (exact) mass is 369 g/mol. The minimum atomic E-state index is -0.742. The van der Waals surface area contributed by atoms with Gasteiger partial charge in [-0.1, -0.05) is 6.92 Å². The molecule has 27 heavy (non-hydrogen) atoms. The molecule has 0 radical (unpaired) electrons. The Morgan fingerprint density at radius 2 is 1.81 bits per heavy atom. The summed E-state index contributed by atoms with van der Waals surface area (Å²) in [7, 11) is 0. The van der Waals surface area contributed by atoms with Crippen molar-refractivity contribution in [2.45, 2.75) is 47.6 Å². The van der Waals surface area contributed by atoms with Crippen molar-refractivity contribution in [3.8, 4) is 0 Å². The molecule has 0 aromatic carbocycles. The van der Waals surface area contributed by atoms with Crippen LogP contribution in [0.5, 0.6) is 0 Å². The fourth-order valence-electron chi connectivity index (χ4n) is 3.18. The summed E-state index contributed by atoms with van der Waals surface area (Å²) in [5, 5.41) is 4.12. The smallest absolute Gasteiger partial charge is 0.378 e. The summed E-state index contributed by atoms with van der Waals surface area (Å²) >= 11 is 0. The Morgan fingerprint density at radius 3 is 2.52 bits per heavy atom. The lowest BCUT2D eigenvalue weighted by atomic mass is 10.1. The normalized spacial score (nSPS) is 11.1. The molecule has 0 saturated heterocycles. The Kier molecular flexibility index (Phi) is 5.07. The molecule has 8 nitrogen and oxygen atoms in total. The van der Waals surface area contributed by atoms with Crippen LogP contribution in [0.25, 0.3) is 5.78 Å². The second kappa shape index (κ2) is 7.30. The van der Waals surface area contributed by atoms with Gasteiger partial charge in [-0.25, -0.2) is 14.3 Å². The maximum Gasteiger partial charge on any atom is 0.378 e. The largest absolute Gasteiger partial charge is 0.451 e. The summed E-state index contributed by atoms with van der Waals surface area (Å²) in [6, 6.07) is 3.67. The molecule has 3 aromatic heterocycles. The maximum absolute atomic E-state index is 12.5. The number of ether oxygens (including phenoxy) is 1. The summed E-state index contributed by atoms with van der Waals surface area (Å²) in [6.45, 7) is 10.1. The fourth-order valence-corrected chi connectivity index (χ4v) is 3.18. The van der Waals surface area contributed by atoms with E-state index in [1.54, 1.807) is 0 Å². The third-order valence-corrected chi connectivity index (χ3v) is 4.46. The number of hydrogen-bond donors (Lipinski definition) is 0. The molecule has 8 heteroatoms. The first-order valence-corrected chi connectivity index (χ1v) is 8.90. The first kappa shape index (κ1) is 18.8. The molecule has 0 unspecified atom stereocenters. The summed E-state index contributed by atoms with van der Waals surface area (Å²) < 4.78 is 8.71. The summed E-state index contributed by atoms with van der Waals surface area (Å²) in [5.74, 6) is -0.768. The average molecular weight is 369 g/mol. The highest BCUT2D eigenvalue weighted by Crippen LogP contribution is 2.16. The number of hydrogen-bond acceptors (Lipinski definition) is 6. The molecule has 0 fully saturated rings. The first-order chi connectivity index (χ1) is 12.8. The van der Waals surface area contributed by atoms with E-state index in [9.17, 15) is 9.59 Å². The highest BCUT2D eigenvalue weighted by atomic mass is 16.5. The van der Waals surface area contributed by atoms with E-state index in [4.69, 9.17) is 4.74 Å². The molecule has 0 bridgehead atoms. The van der Waals surface area contributed by atoms with Crippen molar-refractivity contribution in [2.75, 3.05) is 6.61 Å². The highest BCUT2D eigenvalue weighted by molar-refractivity contribution is 6.00. The van der Waals surface area contributed by atoms with E-state index >= 15 is 0 Å². The van der Waals surface area contributed by atoms with Crippen LogP contribution in [0.2, 0.25) is 0 Å². The van der Waals surface area contributed by atoms with Gasteiger partial charge in [0.2, 0.25) is 5.78 Å². The lowest BCUT2D eigenvalue weighted by molar-refractivity contribution is 0.0462. The average Bonchev–Trinajstić information content (AvgIpc) is 3.16. The van der Waals surface area contributed by atoms with Gasteiger partial charge in [-0.3, -0.25) is 4.79 Å². The zero-order valence-corrected chi connectivity index (χ0v) is 16.2. The fraction of sp³-hybridized carbons (Fsp3) is 0.421. The molecule has 3 heterocycles. The molecule has 142 valence electrons. The van der Waals surface area contributed by atoms with Crippen molar-refractivity contribution >= 4 is 17.5 Å². The van der Waals surface area contributed by atoms with Crippen molar-refractivity contribution in [1.29, 1.82) is 0 Å². The van der Waals surface area contributed by atoms with Crippen LogP contribution < -0.4 is 0 Å². The van der Waals surface area contributed by atoms with Gasteiger partial charge in [0, 0.05) is 34.9 Å². The summed E-state index contributed by atoms with van der Waals surface area (Å²) in [5.41, 5.74) is 4.07. The molecule has 0 N–H and O–H groups in total. The topological polar surface area (TPSA) is 91.4 Å². The van der Waals surface area contributed by atoms with Crippen molar-refractivity contribution in [3.05, 3.63) is 46.3 Å². The molecule has 0 aliphatic rings. The zero-order chi connectivity index (χ0) is 19.7. The maximum atomic E-state index is 12.5. The van der Waals surface area contributed by atoms with Gasteiger partial charge in [0.15, 0.2) is 6.61 Å². The van der Waals surface area contributed by atoms with Crippen LogP contribution >= 0.6 is 0 Å². The van der Waals surface area contributed by atoms with Gasteiger partial charge < -0.3 is 9.30 Å². The minimum Gasteiger partial charge on any atom is -0.451 e. The van der Waals surface area contributed by atoms with E-state index in [1.807, 2.05) is 39.8 Å². The number of carbonyl (C=O) groups excluding carboxylic acids is 2. The highest BCUT2D eigenvalue weighted by Gasteiger charge is 2.20. The van der Waals surface area contributed by atoms with Crippen LogP contribution in [-0.4, -0.2) is 42.5 Å². The Labute approximate surface area is 157 Å². The van der Waals surface area contributed by atoms with Crippen LogP contribution in [-0.2, 0) is 11.3 Å². The van der Waals surface area contributed by atoms with E-state index < -0.39 is 5.97 Å². The van der Waals surface area contributed by atoms with Gasteiger partial charge in [-0.15, -0.1) is 5.10 Å². The molecule has 0 aliphatic heterocycles. The van der Waals surface area contributed by atoms with Crippen molar-refractivity contribution < 1.29 is 14.3 Å². The summed E-state index contributed by atoms with van der Waals surface area (Å²) in [6.07, 6.45) is 0.978. The van der Waals surface area contributed by atoms with Crippen molar-refractivity contribution in [3.63, 3.8) is 0 Å². The zero-order valence-electron chi connectivity index (χ0n) is 16.2. The first-order valence-electron chi connectivity index (χ1n) is 8.90. The van der Waals surface area contributed by atoms with E-state index in [0.29, 0.717) is 11.3 Å². The lowest BCUT2D eigenvalue weighted by Gasteiger charge is -2.07. The van der Waals surface area contributed by atoms with Crippen LogP contribution in [0.1, 0.15) is 57.1 Å². The molecule has 3 aromatic rings. The number of nitrogens with zero attached hydrogens (tertiary/aromatic N) is 5. The molecule has 0 amide bonds. The van der Waals surface area contributed by atoms with Gasteiger partial charge in [-0.05, 0) is 46.2 Å². The number of carbonyl (C=O) groups is 2. The third kappa shape index (κ3) is 3.60. The third-order valence-electron chi connectivity index (χ3n) is 4.46. The predicted molar refractivity (Wildman–Crippen MR) is 99.1 cm³/mol. The second-order valence-corrected chi connectivity index (χ2v) is 6.62. The van der Waals surface area contributed by atoms with Gasteiger partial charge >= 0.3 is 5.97 Å². The van der Waals surface area contributed by atoms with Crippen molar-refractivity contribution in [2.24, 2.45) is 0 Å². The molecule has 0 aliphatic carbocycles. The Hall–Kier alpha value is -3.03. The molecular weight excluding hydrogens is 346 g/mol. The lowest BCUT2D eigenvalue weighted by Crippen LogP contribution is -2.16. The van der Waals surface area contributed by atoms with Crippen molar-refractivity contribution in [1.82, 2.24) is 24.1 Å². The number of aryl methyl sites for hydroxylation is 3. The number of Topliss-reactive ketones (excluding diaryl/α,β-unsaturated/α-hetero) is 1. The number of aromatic nitrogens is 5. The molecule has 0 saturated carbocycles. The Balaban J connectivity index is 1.73. The van der Waals surface area contributed by atoms with E-state index in [2.05, 4.69) is 26.6 Å². The van der Waals surface area contributed by atoms with Crippen LogP contribution in [0.4, 0.5) is 0 Å². The van der Waals surface area contributed by atoms with Crippen LogP contribution in [0.3, 0.4) is 0 Å². The van der Waals surface area contributed by atoms with Crippen LogP contribution in [0.15, 0.2) is 12.1 Å². The number of fused-ring (bicyclic) bond motifs is 1. The van der Waals surface area contributed by atoms with E-state index in [0.717, 1.165) is 35.7 Å². The van der Waals surface area contributed by atoms with E-state index in [1.165, 1.54) is 4.52 Å². The molecule has 3 rings (SSSR count). The number of ketones is 1. The van der Waals surface area contributed by atoms with E-state index in [-0.39, 0.29) is 18.2 Å². The number of esters is 1. The molecule has 0 spiro atoms. The number of rotatable bonds is 6. The van der Waals surface area contributed by atoms with Gasteiger partial charge in [-0.2, -0.15) is 4.98 Å². The summed E-state index contributed by atoms with van der Waals surface area (Å²) in [4.78, 5) is 33.1. The standard InChI is InChI=1S/C19H23N5O3/c1-6-7-23-12(3)9-15(14(23)5)16(25)10-27-18(26)17-21-19-20-11(2)8-13(4)24(19)22-17/h8-9H,6-7,10H2,1-5H3. The van der Waals surface area contributed by atoms with Gasteiger partial charge in [0.1, 0.15) is 0 Å². The minimum absolute atomic E-state index is 0.111. The molecule has 0 atom stereocenters. The Morgan fingerprint density at radius 1 is 1.07 bits per heavy atom. The molecular formula is C19H23N5O3. The van der Waals surface area contributed by atoms with Crippen LogP contribution in [0, 0.1) is 27.7 Å².